The lowest BCUT2D eigenvalue weighted by molar-refractivity contribution is -0.140. The largest absolute Gasteiger partial charge is 0.492 e. The summed E-state index contributed by atoms with van der Waals surface area (Å²) in [6.07, 6.45) is -3.42. The lowest BCUT2D eigenvalue weighted by atomic mass is 10.2. The van der Waals surface area contributed by atoms with Gasteiger partial charge in [0, 0.05) is 23.7 Å². The van der Waals surface area contributed by atoms with Crippen molar-refractivity contribution in [2.24, 2.45) is 5.92 Å². The number of pyridine rings is 1. The van der Waals surface area contributed by atoms with Crippen molar-refractivity contribution in [1.82, 2.24) is 10.3 Å². The minimum atomic E-state index is -4.78. The van der Waals surface area contributed by atoms with E-state index in [-0.39, 0.29) is 42.1 Å². The second-order valence-corrected chi connectivity index (χ2v) is 6.32. The van der Waals surface area contributed by atoms with Crippen LogP contribution in [0.2, 0.25) is 0 Å². The first-order chi connectivity index (χ1) is 13.6. The minimum absolute atomic E-state index is 0.0253. The number of anilines is 1. The molecule has 2 amide bonds. The molecular formula is C19H19F4N3O3. The zero-order chi connectivity index (χ0) is 21.6. The van der Waals surface area contributed by atoms with Crippen molar-refractivity contribution in [2.45, 2.75) is 20.0 Å². The number of halogens is 4. The molecule has 1 heterocycles. The molecule has 156 valence electrons. The van der Waals surface area contributed by atoms with E-state index in [4.69, 9.17) is 4.74 Å². The monoisotopic (exact) mass is 413 g/mol. The standard InChI is InChI=1S/C19H19F4N3O3/c1-11(2)17(27)26-16-9-12(5-6-24-16)18(28)25-7-8-29-13-3-4-14(15(20)10-13)19(21,22)23/h3-6,9-11H,7-8H2,1-2H3,(H,25,28)(H,24,26,27). The molecule has 29 heavy (non-hydrogen) atoms. The van der Waals surface area contributed by atoms with Crippen molar-refractivity contribution >= 4 is 17.6 Å². The first-order valence-electron chi connectivity index (χ1n) is 8.62. The maximum Gasteiger partial charge on any atom is 0.419 e. The lowest BCUT2D eigenvalue weighted by Crippen LogP contribution is -2.28. The molecular weight excluding hydrogens is 394 g/mol. The van der Waals surface area contributed by atoms with Crippen LogP contribution in [0.5, 0.6) is 5.75 Å². The molecule has 0 bridgehead atoms. The van der Waals surface area contributed by atoms with Gasteiger partial charge in [0.15, 0.2) is 0 Å². The van der Waals surface area contributed by atoms with E-state index in [0.717, 1.165) is 6.07 Å². The smallest absolute Gasteiger partial charge is 0.419 e. The van der Waals surface area contributed by atoms with Crippen LogP contribution in [-0.2, 0) is 11.0 Å². The van der Waals surface area contributed by atoms with Gasteiger partial charge in [-0.2, -0.15) is 13.2 Å². The summed E-state index contributed by atoms with van der Waals surface area (Å²) in [4.78, 5) is 27.8. The second kappa shape index (κ2) is 9.35. The van der Waals surface area contributed by atoms with Gasteiger partial charge in [-0.3, -0.25) is 9.59 Å². The van der Waals surface area contributed by atoms with Crippen LogP contribution in [0, 0.1) is 11.7 Å². The molecule has 0 fully saturated rings. The van der Waals surface area contributed by atoms with Crippen molar-refractivity contribution in [2.75, 3.05) is 18.5 Å². The number of benzene rings is 1. The van der Waals surface area contributed by atoms with Crippen LogP contribution < -0.4 is 15.4 Å². The Morgan fingerprint density at radius 1 is 1.17 bits per heavy atom. The maximum absolute atomic E-state index is 13.5. The Labute approximate surface area is 164 Å². The van der Waals surface area contributed by atoms with E-state index < -0.39 is 23.5 Å². The third kappa shape index (κ3) is 6.44. The van der Waals surface area contributed by atoms with E-state index in [1.165, 1.54) is 18.3 Å². The topological polar surface area (TPSA) is 80.3 Å². The zero-order valence-corrected chi connectivity index (χ0v) is 15.6. The molecule has 0 aliphatic heterocycles. The fraction of sp³-hybridized carbons (Fsp3) is 0.316. The minimum Gasteiger partial charge on any atom is -0.492 e. The predicted octanol–water partition coefficient (Wildman–Crippen LogP) is 3.64. The molecule has 1 aromatic heterocycles. The van der Waals surface area contributed by atoms with Crippen molar-refractivity contribution < 1.29 is 31.9 Å². The molecule has 10 heteroatoms. The van der Waals surface area contributed by atoms with Crippen molar-refractivity contribution in [3.8, 4) is 5.75 Å². The average Bonchev–Trinajstić information content (AvgIpc) is 2.64. The summed E-state index contributed by atoms with van der Waals surface area (Å²) >= 11 is 0. The summed E-state index contributed by atoms with van der Waals surface area (Å²) in [5, 5.41) is 5.12. The molecule has 1 aromatic carbocycles. The number of hydrogen-bond acceptors (Lipinski definition) is 4. The highest BCUT2D eigenvalue weighted by atomic mass is 19.4. The van der Waals surface area contributed by atoms with Crippen LogP contribution in [0.3, 0.4) is 0 Å². The van der Waals surface area contributed by atoms with E-state index in [2.05, 4.69) is 15.6 Å². The van der Waals surface area contributed by atoms with Gasteiger partial charge in [0.2, 0.25) is 5.91 Å². The average molecular weight is 413 g/mol. The molecule has 0 aliphatic rings. The van der Waals surface area contributed by atoms with Gasteiger partial charge in [-0.1, -0.05) is 13.8 Å². The summed E-state index contributed by atoms with van der Waals surface area (Å²) in [6.45, 7) is 3.37. The van der Waals surface area contributed by atoms with Gasteiger partial charge in [0.1, 0.15) is 24.0 Å². The lowest BCUT2D eigenvalue weighted by Gasteiger charge is -2.11. The van der Waals surface area contributed by atoms with Crippen LogP contribution in [-0.4, -0.2) is 29.9 Å². The van der Waals surface area contributed by atoms with Crippen LogP contribution >= 0.6 is 0 Å². The Kier molecular flexibility index (Phi) is 7.13. The Balaban J connectivity index is 1.86. The van der Waals surface area contributed by atoms with Crippen LogP contribution in [0.1, 0.15) is 29.8 Å². The number of hydrogen-bond donors (Lipinski definition) is 2. The highest BCUT2D eigenvalue weighted by Crippen LogP contribution is 2.32. The Morgan fingerprint density at radius 3 is 2.52 bits per heavy atom. The molecule has 2 aromatic rings. The fourth-order valence-corrected chi connectivity index (χ4v) is 2.16. The summed E-state index contributed by atoms with van der Waals surface area (Å²) in [5.41, 5.74) is -1.13. The molecule has 0 spiro atoms. The number of ether oxygens (including phenoxy) is 1. The van der Waals surface area contributed by atoms with E-state index in [9.17, 15) is 27.2 Å². The summed E-state index contributed by atoms with van der Waals surface area (Å²) in [7, 11) is 0. The number of carbonyl (C=O) groups excluding carboxylic acids is 2. The van der Waals surface area contributed by atoms with Gasteiger partial charge in [-0.25, -0.2) is 9.37 Å². The highest BCUT2D eigenvalue weighted by molar-refractivity contribution is 5.96. The number of aromatic nitrogens is 1. The summed E-state index contributed by atoms with van der Waals surface area (Å²) in [5.74, 6) is -2.25. The van der Waals surface area contributed by atoms with Gasteiger partial charge in [-0.05, 0) is 24.3 Å². The van der Waals surface area contributed by atoms with Crippen molar-refractivity contribution in [1.29, 1.82) is 0 Å². The number of carbonyl (C=O) groups is 2. The van der Waals surface area contributed by atoms with Gasteiger partial charge >= 0.3 is 6.18 Å². The number of nitrogens with one attached hydrogen (secondary N) is 2. The molecule has 0 radical (unpaired) electrons. The normalized spacial score (nSPS) is 11.3. The van der Waals surface area contributed by atoms with Crippen molar-refractivity contribution in [3.05, 3.63) is 53.5 Å². The van der Waals surface area contributed by atoms with Crippen LogP contribution in [0.4, 0.5) is 23.4 Å². The summed E-state index contributed by atoms with van der Waals surface area (Å²) in [6, 6.07) is 5.08. The second-order valence-electron chi connectivity index (χ2n) is 6.32. The number of nitrogens with zero attached hydrogens (tertiary/aromatic N) is 1. The molecule has 0 saturated heterocycles. The first-order valence-corrected chi connectivity index (χ1v) is 8.62. The van der Waals surface area contributed by atoms with Gasteiger partial charge < -0.3 is 15.4 Å². The molecule has 2 rings (SSSR count). The Morgan fingerprint density at radius 2 is 1.90 bits per heavy atom. The number of rotatable bonds is 7. The maximum atomic E-state index is 13.5. The quantitative estimate of drug-likeness (QED) is 0.537. The number of amides is 2. The SMILES string of the molecule is CC(C)C(=O)Nc1cc(C(=O)NCCOc2ccc(C(F)(F)F)c(F)c2)ccn1. The summed E-state index contributed by atoms with van der Waals surface area (Å²) < 4.78 is 56.2. The fourth-order valence-electron chi connectivity index (χ4n) is 2.16. The molecule has 2 N–H and O–H groups in total. The predicted molar refractivity (Wildman–Crippen MR) is 96.9 cm³/mol. The molecule has 0 atom stereocenters. The zero-order valence-electron chi connectivity index (χ0n) is 15.6. The number of alkyl halides is 3. The van der Waals surface area contributed by atoms with Gasteiger partial charge in [0.05, 0.1) is 12.1 Å². The van der Waals surface area contributed by atoms with E-state index >= 15 is 0 Å². The Bertz CT molecular complexity index is 885. The van der Waals surface area contributed by atoms with Gasteiger partial charge in [0.25, 0.3) is 5.91 Å². The molecule has 0 aliphatic carbocycles. The molecule has 0 unspecified atom stereocenters. The van der Waals surface area contributed by atoms with E-state index in [1.54, 1.807) is 13.8 Å². The third-order valence-corrected chi connectivity index (χ3v) is 3.70. The first kappa shape index (κ1) is 22.1. The van der Waals surface area contributed by atoms with Crippen LogP contribution in [0.15, 0.2) is 36.5 Å². The van der Waals surface area contributed by atoms with E-state index in [0.29, 0.717) is 12.1 Å². The highest BCUT2D eigenvalue weighted by Gasteiger charge is 2.34. The van der Waals surface area contributed by atoms with Crippen LogP contribution in [0.25, 0.3) is 0 Å². The molecule has 0 saturated carbocycles. The third-order valence-electron chi connectivity index (χ3n) is 3.70. The van der Waals surface area contributed by atoms with Crippen molar-refractivity contribution in [3.63, 3.8) is 0 Å². The van der Waals surface area contributed by atoms with E-state index in [1.807, 2.05) is 0 Å². The molecule has 6 nitrogen and oxygen atoms in total. The Hall–Kier alpha value is -3.17. The van der Waals surface area contributed by atoms with Gasteiger partial charge in [-0.15, -0.1) is 0 Å².